The zero-order valence-corrected chi connectivity index (χ0v) is 20.8. The van der Waals surface area contributed by atoms with Crippen molar-refractivity contribution >= 4 is 21.8 Å². The van der Waals surface area contributed by atoms with Gasteiger partial charge >= 0.3 is 0 Å². The molecule has 0 unspecified atom stereocenters. The van der Waals surface area contributed by atoms with E-state index in [9.17, 15) is 0 Å². The molecular formula is C29H28N8. The van der Waals surface area contributed by atoms with Crippen LogP contribution in [-0.4, -0.2) is 52.7 Å². The first kappa shape index (κ1) is 21.9. The van der Waals surface area contributed by atoms with E-state index in [1.165, 1.54) is 37.9 Å². The number of hydrogen-bond donors (Lipinski definition) is 2. The van der Waals surface area contributed by atoms with Crippen LogP contribution in [0.15, 0.2) is 67.6 Å². The molecule has 6 heterocycles. The minimum atomic E-state index is 0.887. The molecule has 5 aromatic heterocycles. The summed E-state index contributed by atoms with van der Waals surface area (Å²) in [5, 5.41) is 10.0. The van der Waals surface area contributed by atoms with Crippen LogP contribution in [0.4, 0.5) is 0 Å². The van der Waals surface area contributed by atoms with Crippen LogP contribution in [0, 0.1) is 6.92 Å². The number of piperidine rings is 1. The van der Waals surface area contributed by atoms with Crippen LogP contribution < -0.4 is 0 Å². The third-order valence-corrected chi connectivity index (χ3v) is 7.32. The van der Waals surface area contributed by atoms with Crippen LogP contribution in [0.2, 0.25) is 0 Å². The molecule has 0 saturated carbocycles. The van der Waals surface area contributed by atoms with Crippen molar-refractivity contribution in [1.29, 1.82) is 0 Å². The van der Waals surface area contributed by atoms with Gasteiger partial charge in [0.05, 0.1) is 46.8 Å². The van der Waals surface area contributed by atoms with E-state index in [1.807, 2.05) is 48.8 Å². The van der Waals surface area contributed by atoms with Gasteiger partial charge < -0.3 is 9.55 Å². The van der Waals surface area contributed by atoms with Gasteiger partial charge in [-0.15, -0.1) is 0 Å². The Morgan fingerprint density at radius 1 is 0.865 bits per heavy atom. The molecule has 8 heteroatoms. The van der Waals surface area contributed by atoms with E-state index in [0.29, 0.717) is 0 Å². The highest BCUT2D eigenvalue weighted by atomic mass is 15.1. The number of imidazole rings is 1. The summed E-state index contributed by atoms with van der Waals surface area (Å²) >= 11 is 0. The van der Waals surface area contributed by atoms with Crippen LogP contribution in [0.25, 0.3) is 50.0 Å². The van der Waals surface area contributed by atoms with Gasteiger partial charge in [-0.2, -0.15) is 5.10 Å². The SMILES string of the molecule is Cc1cn(-c2cncc3[nH]c(-c4n[nH]c5ccc(-c6cncc(CN7CCCCC7)c6)cc45)cc23)cn1. The summed E-state index contributed by atoms with van der Waals surface area (Å²) in [6.45, 7) is 5.30. The van der Waals surface area contributed by atoms with Crippen molar-refractivity contribution in [2.45, 2.75) is 32.7 Å². The van der Waals surface area contributed by atoms with Gasteiger partial charge in [-0.05, 0) is 68.2 Å². The van der Waals surface area contributed by atoms with Gasteiger partial charge in [0, 0.05) is 41.5 Å². The maximum absolute atomic E-state index is 4.68. The molecular weight excluding hydrogens is 460 g/mol. The highest BCUT2D eigenvalue weighted by Gasteiger charge is 2.16. The van der Waals surface area contributed by atoms with E-state index in [4.69, 9.17) is 0 Å². The minimum absolute atomic E-state index is 0.887. The largest absolute Gasteiger partial charge is 0.352 e. The van der Waals surface area contributed by atoms with Crippen LogP contribution in [-0.2, 0) is 6.54 Å². The summed E-state index contributed by atoms with van der Waals surface area (Å²) in [4.78, 5) is 19.4. The Bertz CT molecular complexity index is 1720. The van der Waals surface area contributed by atoms with Gasteiger partial charge in [-0.1, -0.05) is 12.5 Å². The van der Waals surface area contributed by atoms with Crippen molar-refractivity contribution < 1.29 is 0 Å². The molecule has 1 aliphatic heterocycles. The summed E-state index contributed by atoms with van der Waals surface area (Å²) in [7, 11) is 0. The third-order valence-electron chi connectivity index (χ3n) is 7.32. The Labute approximate surface area is 214 Å². The van der Waals surface area contributed by atoms with Gasteiger partial charge in [0.1, 0.15) is 5.69 Å². The van der Waals surface area contributed by atoms with Crippen molar-refractivity contribution in [2.75, 3.05) is 13.1 Å². The molecule has 0 spiro atoms. The van der Waals surface area contributed by atoms with E-state index >= 15 is 0 Å². The van der Waals surface area contributed by atoms with Crippen LogP contribution in [0.5, 0.6) is 0 Å². The second kappa shape index (κ2) is 8.97. The average Bonchev–Trinajstić information content (AvgIpc) is 3.66. The zero-order chi connectivity index (χ0) is 24.8. The summed E-state index contributed by atoms with van der Waals surface area (Å²) in [6.07, 6.45) is 15.4. The summed E-state index contributed by atoms with van der Waals surface area (Å²) in [5.74, 6) is 0. The lowest BCUT2D eigenvalue weighted by Crippen LogP contribution is -2.29. The number of hydrogen-bond acceptors (Lipinski definition) is 5. The second-order valence-electron chi connectivity index (χ2n) is 9.98. The van der Waals surface area contributed by atoms with Gasteiger partial charge in [0.25, 0.3) is 0 Å². The molecule has 6 aromatic rings. The molecule has 1 fully saturated rings. The molecule has 184 valence electrons. The molecule has 1 saturated heterocycles. The number of rotatable bonds is 5. The molecule has 37 heavy (non-hydrogen) atoms. The van der Waals surface area contributed by atoms with E-state index in [2.05, 4.69) is 65.4 Å². The summed E-state index contributed by atoms with van der Waals surface area (Å²) in [5.41, 5.74) is 9.26. The number of H-pyrrole nitrogens is 2. The number of aromatic amines is 2. The van der Waals surface area contributed by atoms with Crippen molar-refractivity contribution in [3.8, 4) is 28.2 Å². The van der Waals surface area contributed by atoms with Gasteiger partial charge in [0.15, 0.2) is 0 Å². The normalized spacial score (nSPS) is 14.6. The molecule has 0 radical (unpaired) electrons. The fourth-order valence-electron chi connectivity index (χ4n) is 5.43. The standard InChI is InChI=1S/C29H28N8/c1-19-16-37(18-32-19)28-15-31-14-27-23(28)11-26(33-27)29-24-10-21(5-6-25(24)34-35-29)22-9-20(12-30-13-22)17-36-7-3-2-4-8-36/h5-6,9-16,18,33H,2-4,7-8,17H2,1H3,(H,34,35). The monoisotopic (exact) mass is 488 g/mol. The second-order valence-corrected chi connectivity index (χ2v) is 9.98. The number of nitrogens with one attached hydrogen (secondary N) is 2. The van der Waals surface area contributed by atoms with Crippen LogP contribution in [0.3, 0.4) is 0 Å². The fraction of sp³-hybridized carbons (Fsp3) is 0.241. The van der Waals surface area contributed by atoms with Crippen molar-refractivity contribution in [3.63, 3.8) is 0 Å². The number of aromatic nitrogens is 7. The smallest absolute Gasteiger partial charge is 0.116 e. The van der Waals surface area contributed by atoms with Gasteiger partial charge in [-0.25, -0.2) is 4.98 Å². The number of pyridine rings is 2. The first-order valence-electron chi connectivity index (χ1n) is 12.8. The van der Waals surface area contributed by atoms with Crippen molar-refractivity contribution in [1.82, 2.24) is 39.6 Å². The zero-order valence-electron chi connectivity index (χ0n) is 20.8. The van der Waals surface area contributed by atoms with Crippen molar-refractivity contribution in [2.24, 2.45) is 0 Å². The topological polar surface area (TPSA) is 91.3 Å². The first-order valence-corrected chi connectivity index (χ1v) is 12.8. The summed E-state index contributed by atoms with van der Waals surface area (Å²) < 4.78 is 2.01. The number of nitrogens with zero attached hydrogens (tertiary/aromatic N) is 6. The maximum atomic E-state index is 4.68. The molecule has 7 rings (SSSR count). The highest BCUT2D eigenvalue weighted by molar-refractivity contribution is 5.99. The molecule has 0 atom stereocenters. The predicted octanol–water partition coefficient (Wildman–Crippen LogP) is 5.65. The van der Waals surface area contributed by atoms with Gasteiger partial charge in [0.2, 0.25) is 0 Å². The van der Waals surface area contributed by atoms with E-state index in [0.717, 1.165) is 62.2 Å². The lowest BCUT2D eigenvalue weighted by Gasteiger charge is -2.26. The molecule has 0 amide bonds. The third kappa shape index (κ3) is 4.09. The Balaban J connectivity index is 1.26. The summed E-state index contributed by atoms with van der Waals surface area (Å²) in [6, 6.07) is 10.9. The van der Waals surface area contributed by atoms with E-state index < -0.39 is 0 Å². The molecule has 0 bridgehead atoms. The number of benzene rings is 1. The van der Waals surface area contributed by atoms with Crippen molar-refractivity contribution in [3.05, 3.63) is 78.9 Å². The Morgan fingerprint density at radius 2 is 1.76 bits per heavy atom. The molecule has 1 aromatic carbocycles. The van der Waals surface area contributed by atoms with E-state index in [1.54, 1.807) is 0 Å². The molecule has 8 nitrogen and oxygen atoms in total. The molecule has 2 N–H and O–H groups in total. The van der Waals surface area contributed by atoms with Crippen LogP contribution >= 0.6 is 0 Å². The highest BCUT2D eigenvalue weighted by Crippen LogP contribution is 2.33. The van der Waals surface area contributed by atoms with Crippen LogP contribution in [0.1, 0.15) is 30.5 Å². The van der Waals surface area contributed by atoms with E-state index in [-0.39, 0.29) is 0 Å². The lowest BCUT2D eigenvalue weighted by molar-refractivity contribution is 0.220. The molecule has 0 aliphatic carbocycles. The Morgan fingerprint density at radius 3 is 2.62 bits per heavy atom. The number of fused-ring (bicyclic) bond motifs is 2. The maximum Gasteiger partial charge on any atom is 0.116 e. The Kier molecular flexibility index (Phi) is 5.32. The minimum Gasteiger partial charge on any atom is -0.352 e. The predicted molar refractivity (Wildman–Crippen MR) is 145 cm³/mol. The molecule has 1 aliphatic rings. The first-order chi connectivity index (χ1) is 18.2. The van der Waals surface area contributed by atoms with Gasteiger partial charge in [-0.3, -0.25) is 20.0 Å². The number of likely N-dealkylation sites (tertiary alicyclic amines) is 1. The average molecular weight is 489 g/mol. The quantitative estimate of drug-likeness (QED) is 0.327. The fourth-order valence-corrected chi connectivity index (χ4v) is 5.43. The lowest BCUT2D eigenvalue weighted by atomic mass is 10.0. The Hall–Kier alpha value is -4.30. The number of aryl methyl sites for hydroxylation is 1.